The number of hydrogen-bond donors (Lipinski definition) is 2. The van der Waals surface area contributed by atoms with Crippen molar-refractivity contribution in [1.82, 2.24) is 10.5 Å². The maximum absolute atomic E-state index is 11.8. The number of sulfonamides is 1. The van der Waals surface area contributed by atoms with Crippen LogP contribution in [0.4, 0.5) is 0 Å². The summed E-state index contributed by atoms with van der Waals surface area (Å²) in [6.07, 6.45) is 0.551. The third kappa shape index (κ3) is 3.50. The van der Waals surface area contributed by atoms with Crippen molar-refractivity contribution >= 4 is 15.9 Å². The Hall–Kier alpha value is -2.13. The van der Waals surface area contributed by atoms with Gasteiger partial charge in [-0.1, -0.05) is 5.16 Å². The third-order valence-electron chi connectivity index (χ3n) is 2.93. The lowest BCUT2D eigenvalue weighted by Gasteiger charge is -2.02. The molecule has 9 heteroatoms. The second-order valence-corrected chi connectivity index (χ2v) is 5.96. The lowest BCUT2D eigenvalue weighted by atomic mass is 10.1. The molecule has 1 amide bonds. The molecule has 0 radical (unpaired) electrons. The molecule has 114 valence electrons. The van der Waals surface area contributed by atoms with Gasteiger partial charge in [0.05, 0.1) is 5.69 Å². The number of aryl methyl sites for hydroxylation is 2. The standard InChI is InChI=1S/C12H15N3O5S/c1-7-9(8(2)20-15-7)5-6-14-12(16)10-3-4-11(19-10)21(13,17)18/h3-4H,5-6H2,1-2H3,(H,14,16)(H2,13,17,18). The Labute approximate surface area is 121 Å². The van der Waals surface area contributed by atoms with Gasteiger partial charge in [-0.05, 0) is 32.4 Å². The van der Waals surface area contributed by atoms with Crippen molar-refractivity contribution in [3.05, 3.63) is 34.9 Å². The first-order chi connectivity index (χ1) is 9.79. The van der Waals surface area contributed by atoms with E-state index >= 15 is 0 Å². The molecule has 2 rings (SSSR count). The maximum atomic E-state index is 11.8. The van der Waals surface area contributed by atoms with E-state index < -0.39 is 21.0 Å². The van der Waals surface area contributed by atoms with Crippen LogP contribution in [0.1, 0.15) is 27.6 Å². The van der Waals surface area contributed by atoms with Gasteiger partial charge in [-0.25, -0.2) is 13.6 Å². The monoisotopic (exact) mass is 313 g/mol. The zero-order chi connectivity index (χ0) is 15.6. The summed E-state index contributed by atoms with van der Waals surface area (Å²) >= 11 is 0. The van der Waals surface area contributed by atoms with E-state index in [9.17, 15) is 13.2 Å². The van der Waals surface area contributed by atoms with E-state index in [0.29, 0.717) is 18.7 Å². The van der Waals surface area contributed by atoms with E-state index in [1.165, 1.54) is 6.07 Å². The van der Waals surface area contributed by atoms with Crippen LogP contribution in [0.2, 0.25) is 0 Å². The Balaban J connectivity index is 1.95. The molecule has 0 aliphatic heterocycles. The number of aromatic nitrogens is 1. The topological polar surface area (TPSA) is 128 Å². The lowest BCUT2D eigenvalue weighted by Crippen LogP contribution is -2.25. The van der Waals surface area contributed by atoms with Gasteiger partial charge in [-0.15, -0.1) is 0 Å². The Morgan fingerprint density at radius 1 is 1.38 bits per heavy atom. The van der Waals surface area contributed by atoms with Gasteiger partial charge in [-0.3, -0.25) is 4.79 Å². The van der Waals surface area contributed by atoms with Crippen LogP contribution in [0.5, 0.6) is 0 Å². The van der Waals surface area contributed by atoms with Crippen LogP contribution in [0, 0.1) is 13.8 Å². The quantitative estimate of drug-likeness (QED) is 0.827. The number of carbonyl (C=O) groups is 1. The van der Waals surface area contributed by atoms with Crippen molar-refractivity contribution < 1.29 is 22.2 Å². The summed E-state index contributed by atoms with van der Waals surface area (Å²) in [7, 11) is -3.95. The highest BCUT2D eigenvalue weighted by atomic mass is 32.2. The van der Waals surface area contributed by atoms with Crippen LogP contribution in [0.15, 0.2) is 26.2 Å². The van der Waals surface area contributed by atoms with Crippen LogP contribution in [-0.2, 0) is 16.4 Å². The molecule has 0 bridgehead atoms. The van der Waals surface area contributed by atoms with Crippen molar-refractivity contribution in [2.75, 3.05) is 6.54 Å². The molecular formula is C12H15N3O5S. The molecular weight excluding hydrogens is 298 g/mol. The number of nitrogens with two attached hydrogens (primary N) is 1. The Morgan fingerprint density at radius 2 is 2.10 bits per heavy atom. The molecule has 0 atom stereocenters. The van der Waals surface area contributed by atoms with Crippen molar-refractivity contribution in [3.63, 3.8) is 0 Å². The molecule has 3 N–H and O–H groups in total. The summed E-state index contributed by atoms with van der Waals surface area (Å²) in [5.74, 6) is 0.0747. The van der Waals surface area contributed by atoms with E-state index in [-0.39, 0.29) is 5.76 Å². The fraction of sp³-hybridized carbons (Fsp3) is 0.333. The van der Waals surface area contributed by atoms with Crippen LogP contribution < -0.4 is 10.5 Å². The highest BCUT2D eigenvalue weighted by molar-refractivity contribution is 7.89. The van der Waals surface area contributed by atoms with Gasteiger partial charge in [0, 0.05) is 12.1 Å². The normalized spacial score (nSPS) is 11.6. The van der Waals surface area contributed by atoms with Gasteiger partial charge in [0.25, 0.3) is 15.9 Å². The Morgan fingerprint density at radius 3 is 2.62 bits per heavy atom. The van der Waals surface area contributed by atoms with Crippen molar-refractivity contribution in [1.29, 1.82) is 0 Å². The van der Waals surface area contributed by atoms with Crippen molar-refractivity contribution in [3.8, 4) is 0 Å². The molecule has 8 nitrogen and oxygen atoms in total. The van der Waals surface area contributed by atoms with Crippen molar-refractivity contribution in [2.45, 2.75) is 25.4 Å². The van der Waals surface area contributed by atoms with E-state index in [4.69, 9.17) is 14.1 Å². The molecule has 0 saturated heterocycles. The Bertz CT molecular complexity index is 740. The molecule has 0 unspecified atom stereocenters. The molecule has 0 aromatic carbocycles. The molecule has 0 aliphatic carbocycles. The summed E-state index contributed by atoms with van der Waals surface area (Å²) in [5, 5.41) is 10.9. The fourth-order valence-corrected chi connectivity index (χ4v) is 2.31. The number of amides is 1. The molecule has 0 saturated carbocycles. The highest BCUT2D eigenvalue weighted by Gasteiger charge is 2.17. The molecule has 2 aromatic rings. The highest BCUT2D eigenvalue weighted by Crippen LogP contribution is 2.13. The van der Waals surface area contributed by atoms with Gasteiger partial charge in [0.15, 0.2) is 5.76 Å². The fourth-order valence-electron chi connectivity index (χ4n) is 1.84. The van der Waals surface area contributed by atoms with Gasteiger partial charge >= 0.3 is 0 Å². The summed E-state index contributed by atoms with van der Waals surface area (Å²) < 4.78 is 32.0. The minimum absolute atomic E-state index is 0.113. The third-order valence-corrected chi connectivity index (χ3v) is 3.71. The average molecular weight is 313 g/mol. The summed E-state index contributed by atoms with van der Waals surface area (Å²) in [6, 6.07) is 2.39. The van der Waals surface area contributed by atoms with Gasteiger partial charge < -0.3 is 14.3 Å². The van der Waals surface area contributed by atoms with Crippen LogP contribution in [0.25, 0.3) is 0 Å². The second-order valence-electron chi connectivity index (χ2n) is 4.47. The van der Waals surface area contributed by atoms with Gasteiger partial charge in [0.2, 0.25) is 5.09 Å². The summed E-state index contributed by atoms with van der Waals surface area (Å²) in [5.41, 5.74) is 1.70. The number of primary sulfonamides is 1. The molecule has 2 heterocycles. The zero-order valence-corrected chi connectivity index (χ0v) is 12.4. The molecule has 2 aromatic heterocycles. The van der Waals surface area contributed by atoms with Crippen molar-refractivity contribution in [2.24, 2.45) is 5.14 Å². The predicted octanol–water partition coefficient (Wildman–Crippen LogP) is 0.504. The number of nitrogens with one attached hydrogen (secondary N) is 1. The molecule has 0 fully saturated rings. The van der Waals surface area contributed by atoms with E-state index in [2.05, 4.69) is 10.5 Å². The second kappa shape index (κ2) is 5.70. The number of hydrogen-bond acceptors (Lipinski definition) is 6. The minimum atomic E-state index is -3.95. The summed E-state index contributed by atoms with van der Waals surface area (Å²) in [6.45, 7) is 3.95. The number of carbonyl (C=O) groups excluding carboxylic acids is 1. The molecule has 0 spiro atoms. The largest absolute Gasteiger partial charge is 0.438 e. The zero-order valence-electron chi connectivity index (χ0n) is 11.5. The predicted molar refractivity (Wildman–Crippen MR) is 72.1 cm³/mol. The smallest absolute Gasteiger partial charge is 0.287 e. The SMILES string of the molecule is Cc1noc(C)c1CCNC(=O)c1ccc(S(N)(=O)=O)o1. The van der Waals surface area contributed by atoms with Crippen LogP contribution in [-0.4, -0.2) is 26.0 Å². The van der Waals surface area contributed by atoms with Crippen LogP contribution >= 0.6 is 0 Å². The first-order valence-corrected chi connectivity index (χ1v) is 7.66. The Kier molecular flexibility index (Phi) is 4.14. The summed E-state index contributed by atoms with van der Waals surface area (Å²) in [4.78, 5) is 11.8. The number of rotatable bonds is 5. The molecule has 21 heavy (non-hydrogen) atoms. The van der Waals surface area contributed by atoms with E-state index in [1.807, 2.05) is 6.92 Å². The molecule has 0 aliphatic rings. The minimum Gasteiger partial charge on any atom is -0.438 e. The van der Waals surface area contributed by atoms with E-state index in [1.54, 1.807) is 6.92 Å². The maximum Gasteiger partial charge on any atom is 0.287 e. The number of nitrogens with zero attached hydrogens (tertiary/aromatic N) is 1. The first kappa shape index (κ1) is 15.3. The average Bonchev–Trinajstić information content (AvgIpc) is 2.99. The van der Waals surface area contributed by atoms with Gasteiger partial charge in [-0.2, -0.15) is 0 Å². The number of furan rings is 1. The van der Waals surface area contributed by atoms with Crippen LogP contribution in [0.3, 0.4) is 0 Å². The van der Waals surface area contributed by atoms with Gasteiger partial charge in [0.1, 0.15) is 5.76 Å². The lowest BCUT2D eigenvalue weighted by molar-refractivity contribution is 0.0921. The van der Waals surface area contributed by atoms with E-state index in [0.717, 1.165) is 17.3 Å². The first-order valence-electron chi connectivity index (χ1n) is 6.11.